The van der Waals surface area contributed by atoms with Crippen molar-refractivity contribution in [1.29, 1.82) is 0 Å². The number of fused-ring (bicyclic) bond motifs is 1. The van der Waals surface area contributed by atoms with E-state index in [-0.39, 0.29) is 5.88 Å². The summed E-state index contributed by atoms with van der Waals surface area (Å²) < 4.78 is 8.05. The molecule has 0 aliphatic carbocycles. The molecule has 0 unspecified atom stereocenters. The summed E-state index contributed by atoms with van der Waals surface area (Å²) in [5, 5.41) is 12.8. The minimum absolute atomic E-state index is 0.198. The van der Waals surface area contributed by atoms with Crippen LogP contribution in [-0.2, 0) is 6.54 Å². The molecule has 0 fully saturated rings. The highest BCUT2D eigenvalue weighted by Crippen LogP contribution is 2.37. The van der Waals surface area contributed by atoms with E-state index in [1.54, 1.807) is 11.7 Å². The lowest BCUT2D eigenvalue weighted by molar-refractivity contribution is 0.408. The van der Waals surface area contributed by atoms with E-state index >= 15 is 0 Å². The second kappa shape index (κ2) is 5.62. The first-order valence-corrected chi connectivity index (χ1v) is 7.55. The predicted molar refractivity (Wildman–Crippen MR) is 88.4 cm³/mol. The standard InChI is InChI=1S/C16H13BrClNO2/c1-21-14-7-12(17)6-11-9-19(16(20)15(11)14)8-10-2-4-13(18)5-3-10/h2-7,9,20H,8H2,1H3. The molecule has 2 aromatic carbocycles. The van der Waals surface area contributed by atoms with Gasteiger partial charge in [0.15, 0.2) is 0 Å². The maximum atomic E-state index is 10.4. The van der Waals surface area contributed by atoms with E-state index in [4.69, 9.17) is 16.3 Å². The van der Waals surface area contributed by atoms with Crippen molar-refractivity contribution in [3.05, 3.63) is 57.7 Å². The molecule has 1 heterocycles. The van der Waals surface area contributed by atoms with Crippen molar-refractivity contribution in [1.82, 2.24) is 4.57 Å². The highest BCUT2D eigenvalue weighted by Gasteiger charge is 2.14. The number of benzene rings is 2. The molecule has 0 saturated heterocycles. The van der Waals surface area contributed by atoms with Crippen molar-refractivity contribution >= 4 is 38.3 Å². The first-order valence-electron chi connectivity index (χ1n) is 6.38. The Hall–Kier alpha value is -1.65. The molecule has 0 atom stereocenters. The highest BCUT2D eigenvalue weighted by molar-refractivity contribution is 9.10. The number of rotatable bonds is 3. The zero-order valence-corrected chi connectivity index (χ0v) is 13.6. The van der Waals surface area contributed by atoms with Gasteiger partial charge in [-0.3, -0.25) is 0 Å². The van der Waals surface area contributed by atoms with Gasteiger partial charge in [0.25, 0.3) is 0 Å². The minimum Gasteiger partial charge on any atom is -0.496 e. The Balaban J connectivity index is 2.07. The summed E-state index contributed by atoms with van der Waals surface area (Å²) in [6, 6.07) is 11.4. The molecular formula is C16H13BrClNO2. The number of aromatic nitrogens is 1. The zero-order chi connectivity index (χ0) is 15.0. The molecule has 0 bridgehead atoms. The Bertz CT molecular complexity index is 796. The largest absolute Gasteiger partial charge is 0.496 e. The van der Waals surface area contributed by atoms with Gasteiger partial charge in [-0.15, -0.1) is 0 Å². The molecule has 0 aliphatic rings. The molecule has 3 rings (SSSR count). The summed E-state index contributed by atoms with van der Waals surface area (Å²) in [5.74, 6) is 0.844. The third-order valence-electron chi connectivity index (χ3n) is 3.37. The van der Waals surface area contributed by atoms with Crippen LogP contribution in [0.1, 0.15) is 5.56 Å². The Morgan fingerprint density at radius 1 is 1.24 bits per heavy atom. The maximum absolute atomic E-state index is 10.4. The number of halogens is 2. The van der Waals surface area contributed by atoms with Crippen molar-refractivity contribution in [2.24, 2.45) is 0 Å². The van der Waals surface area contributed by atoms with E-state index in [0.717, 1.165) is 20.8 Å². The normalized spacial score (nSPS) is 11.0. The summed E-state index contributed by atoms with van der Waals surface area (Å²) in [4.78, 5) is 0. The number of methoxy groups -OCH3 is 1. The second-order valence-corrected chi connectivity index (χ2v) is 6.13. The van der Waals surface area contributed by atoms with E-state index in [0.29, 0.717) is 17.3 Å². The van der Waals surface area contributed by atoms with Crippen molar-refractivity contribution in [3.63, 3.8) is 0 Å². The van der Waals surface area contributed by atoms with Gasteiger partial charge in [0.05, 0.1) is 19.0 Å². The maximum Gasteiger partial charge on any atom is 0.203 e. The minimum atomic E-state index is 0.198. The zero-order valence-electron chi connectivity index (χ0n) is 11.3. The van der Waals surface area contributed by atoms with Crippen LogP contribution in [-0.4, -0.2) is 16.8 Å². The molecule has 5 heteroatoms. The number of hydrogen-bond donors (Lipinski definition) is 1. The first-order chi connectivity index (χ1) is 10.1. The van der Waals surface area contributed by atoms with Gasteiger partial charge in [0, 0.05) is 21.1 Å². The molecule has 0 saturated carbocycles. The fourth-order valence-electron chi connectivity index (χ4n) is 2.38. The Kier molecular flexibility index (Phi) is 3.83. The van der Waals surface area contributed by atoms with Crippen LogP contribution in [0.15, 0.2) is 47.1 Å². The summed E-state index contributed by atoms with van der Waals surface area (Å²) >= 11 is 9.34. The first kappa shape index (κ1) is 14.3. The summed E-state index contributed by atoms with van der Waals surface area (Å²) in [5.41, 5.74) is 1.06. The average Bonchev–Trinajstić information content (AvgIpc) is 2.77. The van der Waals surface area contributed by atoms with Gasteiger partial charge in [-0.2, -0.15) is 0 Å². The number of aromatic hydroxyl groups is 1. The van der Waals surface area contributed by atoms with E-state index in [2.05, 4.69) is 15.9 Å². The molecule has 21 heavy (non-hydrogen) atoms. The fourth-order valence-corrected chi connectivity index (χ4v) is 2.96. The summed E-state index contributed by atoms with van der Waals surface area (Å²) in [6.07, 6.45) is 1.91. The molecule has 108 valence electrons. The Morgan fingerprint density at radius 3 is 2.62 bits per heavy atom. The molecule has 1 N–H and O–H groups in total. The van der Waals surface area contributed by atoms with Crippen molar-refractivity contribution < 1.29 is 9.84 Å². The lowest BCUT2D eigenvalue weighted by Gasteiger charge is -2.06. The van der Waals surface area contributed by atoms with Gasteiger partial charge < -0.3 is 14.4 Å². The van der Waals surface area contributed by atoms with Crippen LogP contribution in [0, 0.1) is 0 Å². The summed E-state index contributed by atoms with van der Waals surface area (Å²) in [7, 11) is 1.59. The van der Waals surface area contributed by atoms with Gasteiger partial charge in [0.1, 0.15) is 5.75 Å². The van der Waals surface area contributed by atoms with Gasteiger partial charge in [0.2, 0.25) is 5.88 Å². The van der Waals surface area contributed by atoms with E-state index in [1.807, 2.05) is 42.6 Å². The van der Waals surface area contributed by atoms with Gasteiger partial charge >= 0.3 is 0 Å². The van der Waals surface area contributed by atoms with Crippen LogP contribution in [0.3, 0.4) is 0 Å². The van der Waals surface area contributed by atoms with Crippen LogP contribution in [0.5, 0.6) is 11.6 Å². The topological polar surface area (TPSA) is 34.4 Å². The molecule has 0 radical (unpaired) electrons. The fraction of sp³-hybridized carbons (Fsp3) is 0.125. The molecule has 1 aromatic heterocycles. The SMILES string of the molecule is COc1cc(Br)cc2cn(Cc3ccc(Cl)cc3)c(O)c12. The smallest absolute Gasteiger partial charge is 0.203 e. The monoisotopic (exact) mass is 365 g/mol. The lowest BCUT2D eigenvalue weighted by atomic mass is 10.2. The molecular weight excluding hydrogens is 354 g/mol. The lowest BCUT2D eigenvalue weighted by Crippen LogP contribution is -1.96. The molecule has 3 aromatic rings. The summed E-state index contributed by atoms with van der Waals surface area (Å²) in [6.45, 7) is 0.568. The predicted octanol–water partition coefficient (Wildman–Crippen LogP) is 4.82. The quantitative estimate of drug-likeness (QED) is 0.721. The van der Waals surface area contributed by atoms with E-state index < -0.39 is 0 Å². The number of ether oxygens (including phenoxy) is 1. The average molecular weight is 367 g/mol. The third-order valence-corrected chi connectivity index (χ3v) is 4.08. The van der Waals surface area contributed by atoms with Gasteiger partial charge in [-0.25, -0.2) is 0 Å². The van der Waals surface area contributed by atoms with Crippen LogP contribution in [0.2, 0.25) is 5.02 Å². The number of hydrogen-bond acceptors (Lipinski definition) is 2. The van der Waals surface area contributed by atoms with Crippen LogP contribution < -0.4 is 4.74 Å². The van der Waals surface area contributed by atoms with Gasteiger partial charge in [-0.1, -0.05) is 39.7 Å². The third kappa shape index (κ3) is 2.74. The Labute approximate surface area is 135 Å². The van der Waals surface area contributed by atoms with Crippen LogP contribution >= 0.6 is 27.5 Å². The van der Waals surface area contributed by atoms with Crippen molar-refractivity contribution in [2.45, 2.75) is 6.54 Å². The second-order valence-electron chi connectivity index (χ2n) is 4.78. The molecule has 0 spiro atoms. The highest BCUT2D eigenvalue weighted by atomic mass is 79.9. The van der Waals surface area contributed by atoms with E-state index in [9.17, 15) is 5.11 Å². The molecule has 0 amide bonds. The molecule has 3 nitrogen and oxygen atoms in total. The number of nitrogens with zero attached hydrogens (tertiary/aromatic N) is 1. The van der Waals surface area contributed by atoms with Crippen molar-refractivity contribution in [2.75, 3.05) is 7.11 Å². The van der Waals surface area contributed by atoms with Crippen LogP contribution in [0.4, 0.5) is 0 Å². The molecule has 0 aliphatic heterocycles. The van der Waals surface area contributed by atoms with E-state index in [1.165, 1.54) is 0 Å². The van der Waals surface area contributed by atoms with Crippen LogP contribution in [0.25, 0.3) is 10.8 Å². The Morgan fingerprint density at radius 2 is 1.95 bits per heavy atom. The van der Waals surface area contributed by atoms with Crippen molar-refractivity contribution in [3.8, 4) is 11.6 Å². The van der Waals surface area contributed by atoms with Gasteiger partial charge in [-0.05, 0) is 29.8 Å².